The number of anilines is 1. The van der Waals surface area contributed by atoms with Gasteiger partial charge in [0.25, 0.3) is 0 Å². The van der Waals surface area contributed by atoms with Gasteiger partial charge in [-0.15, -0.1) is 12.4 Å². The van der Waals surface area contributed by atoms with Gasteiger partial charge in [-0.05, 0) is 66.5 Å². The van der Waals surface area contributed by atoms with Crippen LogP contribution >= 0.6 is 24.0 Å². The van der Waals surface area contributed by atoms with Crippen LogP contribution in [0.4, 0.5) is 11.4 Å². The van der Waals surface area contributed by atoms with E-state index in [1.807, 2.05) is 54.7 Å². The van der Waals surface area contributed by atoms with Crippen LogP contribution in [0.25, 0.3) is 0 Å². The molecule has 0 amide bonds. The quantitative estimate of drug-likeness (QED) is 0.580. The van der Waals surface area contributed by atoms with Crippen LogP contribution < -0.4 is 5.32 Å². The zero-order valence-electron chi connectivity index (χ0n) is 14.4. The fourth-order valence-corrected chi connectivity index (χ4v) is 4.18. The number of aliphatic imine (C=N–C) groups is 1. The normalized spacial score (nSPS) is 23.3. The van der Waals surface area contributed by atoms with Gasteiger partial charge in [-0.2, -0.15) is 0 Å². The molecule has 2 aliphatic carbocycles. The highest BCUT2D eigenvalue weighted by atomic mass is 35.5. The average molecular weight is 385 g/mol. The summed E-state index contributed by atoms with van der Waals surface area (Å²) in [4.78, 5) is 4.63. The maximum absolute atomic E-state index is 6.79. The first kappa shape index (κ1) is 18.8. The van der Waals surface area contributed by atoms with E-state index in [4.69, 9.17) is 11.6 Å². The molecule has 2 bridgehead atoms. The summed E-state index contributed by atoms with van der Waals surface area (Å²) in [6, 6.07) is 20.2. The Hall–Kier alpha value is -2.03. The number of nitrogens with zero attached hydrogens (tertiary/aromatic N) is 1. The second kappa shape index (κ2) is 8.57. The highest BCUT2D eigenvalue weighted by Gasteiger charge is 2.36. The second-order valence-electron chi connectivity index (χ2n) is 6.68. The Morgan fingerprint density at radius 1 is 0.923 bits per heavy atom. The van der Waals surface area contributed by atoms with Gasteiger partial charge in [0.05, 0.1) is 10.7 Å². The van der Waals surface area contributed by atoms with E-state index in [0.717, 1.165) is 16.4 Å². The number of para-hydroxylation sites is 2. The number of hydrogen-bond donors (Lipinski definition) is 1. The number of fused-ring (bicyclic) bond motifs is 2. The van der Waals surface area contributed by atoms with Crippen molar-refractivity contribution in [1.29, 1.82) is 0 Å². The molecule has 2 aromatic rings. The van der Waals surface area contributed by atoms with E-state index in [1.165, 1.54) is 30.4 Å². The zero-order valence-corrected chi connectivity index (χ0v) is 16.0. The van der Waals surface area contributed by atoms with Crippen molar-refractivity contribution < 1.29 is 0 Å². The maximum Gasteiger partial charge on any atom is 0.0629 e. The number of allylic oxidation sites excluding steroid dienone is 3. The van der Waals surface area contributed by atoms with Crippen molar-refractivity contribution in [2.45, 2.75) is 19.3 Å². The Bertz CT molecular complexity index is 826. The van der Waals surface area contributed by atoms with Crippen molar-refractivity contribution in [3.8, 4) is 0 Å². The van der Waals surface area contributed by atoms with Crippen LogP contribution in [0.1, 0.15) is 19.3 Å². The molecule has 134 valence electrons. The van der Waals surface area contributed by atoms with Gasteiger partial charge in [0, 0.05) is 18.1 Å². The van der Waals surface area contributed by atoms with Gasteiger partial charge in [0.2, 0.25) is 0 Å². The fourth-order valence-electron chi connectivity index (χ4n) is 3.77. The minimum Gasteiger partial charge on any atom is -0.361 e. The molecule has 0 radical (unpaired) electrons. The van der Waals surface area contributed by atoms with Crippen molar-refractivity contribution in [1.82, 2.24) is 0 Å². The zero-order chi connectivity index (χ0) is 17.1. The van der Waals surface area contributed by atoms with Crippen LogP contribution in [0.15, 0.2) is 88.0 Å². The molecule has 2 nitrogen and oxygen atoms in total. The molecule has 2 atom stereocenters. The van der Waals surface area contributed by atoms with Gasteiger partial charge in [0.15, 0.2) is 0 Å². The number of hydrogen-bond acceptors (Lipinski definition) is 2. The molecule has 4 heteroatoms. The molecule has 2 unspecified atom stereocenters. The van der Waals surface area contributed by atoms with Crippen LogP contribution in [-0.2, 0) is 0 Å². The molecule has 1 fully saturated rings. The third-order valence-corrected chi connectivity index (χ3v) is 5.53. The van der Waals surface area contributed by atoms with Crippen LogP contribution in [0.5, 0.6) is 0 Å². The van der Waals surface area contributed by atoms with Gasteiger partial charge < -0.3 is 5.32 Å². The van der Waals surface area contributed by atoms with E-state index in [1.54, 1.807) is 0 Å². The van der Waals surface area contributed by atoms with Gasteiger partial charge in [-0.1, -0.05) is 48.0 Å². The predicted molar refractivity (Wildman–Crippen MR) is 114 cm³/mol. The predicted octanol–water partition coefficient (Wildman–Crippen LogP) is 6.73. The summed E-state index contributed by atoms with van der Waals surface area (Å²) in [6.07, 6.45) is 7.63. The standard InChI is InChI=1S/C22H21ClN2.ClH/c23-22-20(14-24-18-7-3-1-4-8-18)16-11-12-17(13-16)21(22)15-25-19-9-5-2-6-10-19;/h1-10,14-17,24H,11-13H2;1H/b20-14+,25-15?;. The molecule has 1 saturated carbocycles. The Morgan fingerprint density at radius 2 is 1.58 bits per heavy atom. The highest BCUT2D eigenvalue weighted by molar-refractivity contribution is 6.34. The topological polar surface area (TPSA) is 24.4 Å². The molecule has 26 heavy (non-hydrogen) atoms. The lowest BCUT2D eigenvalue weighted by atomic mass is 9.85. The van der Waals surface area contributed by atoms with Crippen molar-refractivity contribution >= 4 is 41.6 Å². The summed E-state index contributed by atoms with van der Waals surface area (Å²) < 4.78 is 0. The van der Waals surface area contributed by atoms with Crippen LogP contribution in [-0.4, -0.2) is 6.21 Å². The van der Waals surface area contributed by atoms with Crippen molar-refractivity contribution in [2.75, 3.05) is 5.32 Å². The largest absolute Gasteiger partial charge is 0.361 e. The lowest BCUT2D eigenvalue weighted by molar-refractivity contribution is 0.587. The van der Waals surface area contributed by atoms with Crippen molar-refractivity contribution in [2.24, 2.45) is 16.8 Å². The Labute approximate surface area is 166 Å². The minimum absolute atomic E-state index is 0. The summed E-state index contributed by atoms with van der Waals surface area (Å²) in [5.41, 5.74) is 4.45. The lowest BCUT2D eigenvalue weighted by Gasteiger charge is -2.24. The Morgan fingerprint density at radius 3 is 2.31 bits per heavy atom. The molecule has 4 rings (SSSR count). The van der Waals surface area contributed by atoms with Crippen molar-refractivity contribution in [3.63, 3.8) is 0 Å². The molecule has 0 spiro atoms. The SMILES string of the molecule is Cl.ClC1=C(C=Nc2ccccc2)C2CCC(C2)/C1=C\Nc1ccccc1. The highest BCUT2D eigenvalue weighted by Crippen LogP contribution is 2.49. The van der Waals surface area contributed by atoms with Gasteiger partial charge in [-0.3, -0.25) is 4.99 Å². The summed E-state index contributed by atoms with van der Waals surface area (Å²) in [7, 11) is 0. The van der Waals surface area contributed by atoms with E-state index in [9.17, 15) is 0 Å². The molecule has 0 saturated heterocycles. The van der Waals surface area contributed by atoms with Gasteiger partial charge >= 0.3 is 0 Å². The summed E-state index contributed by atoms with van der Waals surface area (Å²) in [6.45, 7) is 0. The first-order chi connectivity index (χ1) is 12.3. The van der Waals surface area contributed by atoms with Crippen LogP contribution in [0, 0.1) is 11.8 Å². The maximum atomic E-state index is 6.79. The van der Waals surface area contributed by atoms with E-state index >= 15 is 0 Å². The Balaban J connectivity index is 0.00000196. The van der Waals surface area contributed by atoms with Crippen LogP contribution in [0.2, 0.25) is 0 Å². The van der Waals surface area contributed by atoms with Crippen molar-refractivity contribution in [3.05, 3.63) is 83.0 Å². The monoisotopic (exact) mass is 384 g/mol. The third-order valence-electron chi connectivity index (χ3n) is 5.10. The molecule has 0 aliphatic heterocycles. The summed E-state index contributed by atoms with van der Waals surface area (Å²) in [5.74, 6) is 1.10. The van der Waals surface area contributed by atoms with E-state index in [2.05, 4.69) is 28.6 Å². The first-order valence-electron chi connectivity index (χ1n) is 8.82. The Kier molecular flexibility index (Phi) is 6.18. The minimum atomic E-state index is 0. The molecule has 0 heterocycles. The van der Waals surface area contributed by atoms with Gasteiger partial charge in [0.1, 0.15) is 0 Å². The van der Waals surface area contributed by atoms with E-state index < -0.39 is 0 Å². The number of halogens is 2. The summed E-state index contributed by atoms with van der Waals surface area (Å²) >= 11 is 6.79. The molecule has 2 aromatic carbocycles. The molecular formula is C22H22Cl2N2. The van der Waals surface area contributed by atoms with Crippen LogP contribution in [0.3, 0.4) is 0 Å². The molecule has 2 aliphatic rings. The van der Waals surface area contributed by atoms with E-state index in [-0.39, 0.29) is 12.4 Å². The molecular weight excluding hydrogens is 363 g/mol. The molecule has 0 aromatic heterocycles. The third kappa shape index (κ3) is 4.03. The van der Waals surface area contributed by atoms with Gasteiger partial charge in [-0.25, -0.2) is 0 Å². The fraction of sp³-hybridized carbons (Fsp3) is 0.227. The molecule has 1 N–H and O–H groups in total. The lowest BCUT2D eigenvalue weighted by Crippen LogP contribution is -2.14. The average Bonchev–Trinajstić information content (AvgIpc) is 3.09. The number of benzene rings is 2. The van der Waals surface area contributed by atoms with E-state index in [0.29, 0.717) is 11.8 Å². The number of rotatable bonds is 4. The number of nitrogens with one attached hydrogen (secondary N) is 1. The smallest absolute Gasteiger partial charge is 0.0629 e. The summed E-state index contributed by atoms with van der Waals surface area (Å²) in [5, 5.41) is 4.27. The second-order valence-corrected chi connectivity index (χ2v) is 7.06. The first-order valence-corrected chi connectivity index (χ1v) is 9.20.